The largest absolute Gasteiger partial charge is 0.312 e. The summed E-state index contributed by atoms with van der Waals surface area (Å²) < 4.78 is 42.8. The van der Waals surface area contributed by atoms with Crippen LogP contribution in [0.1, 0.15) is 12.8 Å². The van der Waals surface area contributed by atoms with E-state index in [1.165, 1.54) is 4.31 Å². The Morgan fingerprint density at radius 1 is 0.750 bits per heavy atom. The number of sulfonamides is 1. The van der Waals surface area contributed by atoms with E-state index in [1.807, 2.05) is 60.7 Å². The molecule has 1 unspecified atom stereocenters. The van der Waals surface area contributed by atoms with Crippen molar-refractivity contribution in [3.05, 3.63) is 91.0 Å². The third-order valence-electron chi connectivity index (χ3n) is 5.22. The van der Waals surface area contributed by atoms with Gasteiger partial charge in [0.1, 0.15) is 0 Å². The zero-order chi connectivity index (χ0) is 19.6. The van der Waals surface area contributed by atoms with E-state index < -0.39 is 22.9 Å². The van der Waals surface area contributed by atoms with Gasteiger partial charge in [0.15, 0.2) is 7.14 Å². The second kappa shape index (κ2) is 7.67. The Morgan fingerprint density at radius 3 is 1.71 bits per heavy atom. The highest BCUT2D eigenvalue weighted by atomic mass is 32.2. The first-order valence-electron chi connectivity index (χ1n) is 9.32. The van der Waals surface area contributed by atoms with E-state index in [9.17, 15) is 13.0 Å². The van der Waals surface area contributed by atoms with Crippen LogP contribution in [0.25, 0.3) is 0 Å². The van der Waals surface area contributed by atoms with Gasteiger partial charge in [-0.25, -0.2) is 8.42 Å². The van der Waals surface area contributed by atoms with E-state index in [-0.39, 0.29) is 4.90 Å². The Kier molecular flexibility index (Phi) is 5.24. The van der Waals surface area contributed by atoms with Crippen molar-refractivity contribution in [1.82, 2.24) is 4.31 Å². The van der Waals surface area contributed by atoms with Crippen LogP contribution in [-0.4, -0.2) is 25.1 Å². The number of nitrogens with zero attached hydrogens (tertiary/aromatic N) is 1. The van der Waals surface area contributed by atoms with Crippen LogP contribution >= 0.6 is 7.14 Å². The highest BCUT2D eigenvalue weighted by molar-refractivity contribution is 7.90. The monoisotopic (exact) mass is 411 g/mol. The molecule has 3 aromatic rings. The van der Waals surface area contributed by atoms with Crippen molar-refractivity contribution in [3.8, 4) is 0 Å². The van der Waals surface area contributed by atoms with E-state index in [1.54, 1.807) is 30.3 Å². The lowest BCUT2D eigenvalue weighted by Crippen LogP contribution is -2.40. The van der Waals surface area contributed by atoms with Crippen LogP contribution in [0.4, 0.5) is 0 Å². The molecular weight excluding hydrogens is 389 g/mol. The normalized spacial score (nSPS) is 18.2. The minimum absolute atomic E-state index is 0.245. The van der Waals surface area contributed by atoms with Gasteiger partial charge in [0.25, 0.3) is 0 Å². The lowest BCUT2D eigenvalue weighted by Gasteiger charge is -2.32. The van der Waals surface area contributed by atoms with Crippen molar-refractivity contribution < 1.29 is 13.0 Å². The molecule has 4 rings (SSSR count). The van der Waals surface area contributed by atoms with Crippen molar-refractivity contribution >= 4 is 27.8 Å². The van der Waals surface area contributed by atoms with Gasteiger partial charge in [-0.3, -0.25) is 0 Å². The maximum Gasteiger partial charge on any atom is 0.243 e. The molecule has 6 heteroatoms. The SMILES string of the molecule is O=P(c1ccccc1)(c1ccccc1)C1CCCN1S(=O)(=O)c1ccccc1. The first kappa shape index (κ1) is 19.1. The van der Waals surface area contributed by atoms with Gasteiger partial charge >= 0.3 is 0 Å². The second-order valence-corrected chi connectivity index (χ2v) is 11.7. The molecule has 0 saturated carbocycles. The van der Waals surface area contributed by atoms with Crippen LogP contribution in [0.2, 0.25) is 0 Å². The van der Waals surface area contributed by atoms with Gasteiger partial charge in [0.2, 0.25) is 10.0 Å². The topological polar surface area (TPSA) is 54.5 Å². The Morgan fingerprint density at radius 2 is 1.21 bits per heavy atom. The van der Waals surface area contributed by atoms with E-state index in [4.69, 9.17) is 0 Å². The van der Waals surface area contributed by atoms with Crippen LogP contribution < -0.4 is 10.6 Å². The summed E-state index contributed by atoms with van der Waals surface area (Å²) in [4.78, 5) is 0.245. The summed E-state index contributed by atoms with van der Waals surface area (Å²) in [6.45, 7) is 0.381. The molecule has 144 valence electrons. The number of benzene rings is 3. The molecule has 0 spiro atoms. The smallest absolute Gasteiger partial charge is 0.243 e. The summed E-state index contributed by atoms with van der Waals surface area (Å²) in [5, 5.41) is 1.39. The molecule has 1 saturated heterocycles. The van der Waals surface area contributed by atoms with Gasteiger partial charge in [-0.2, -0.15) is 4.31 Å². The van der Waals surface area contributed by atoms with Gasteiger partial charge in [0, 0.05) is 17.2 Å². The molecule has 0 N–H and O–H groups in total. The highest BCUT2D eigenvalue weighted by Gasteiger charge is 2.47. The van der Waals surface area contributed by atoms with Gasteiger partial charge in [0.05, 0.1) is 10.7 Å². The molecule has 4 nitrogen and oxygen atoms in total. The third kappa shape index (κ3) is 3.24. The van der Waals surface area contributed by atoms with Gasteiger partial charge < -0.3 is 4.57 Å². The Balaban J connectivity index is 1.86. The van der Waals surface area contributed by atoms with E-state index in [2.05, 4.69) is 0 Å². The summed E-state index contributed by atoms with van der Waals surface area (Å²) in [6.07, 6.45) is 1.27. The van der Waals surface area contributed by atoms with E-state index >= 15 is 0 Å². The minimum Gasteiger partial charge on any atom is -0.312 e. The molecule has 1 aliphatic heterocycles. The molecule has 1 heterocycles. The summed E-state index contributed by atoms with van der Waals surface area (Å²) in [5.74, 6) is -0.581. The standard InChI is InChI=1S/C22H22NO3PS/c24-27(19-11-4-1-5-12-19,20-13-6-2-7-14-20)22-17-10-18-23(22)28(25,26)21-15-8-3-9-16-21/h1-9,11-16,22H,10,17-18H2. The molecule has 0 aliphatic carbocycles. The van der Waals surface area contributed by atoms with Crippen molar-refractivity contribution in [2.24, 2.45) is 0 Å². The maximum atomic E-state index is 14.6. The molecular formula is C22H22NO3PS. The predicted octanol–water partition coefficient (Wildman–Crippen LogP) is 3.81. The summed E-state index contributed by atoms with van der Waals surface area (Å²) in [6, 6.07) is 27.0. The van der Waals surface area contributed by atoms with Gasteiger partial charge in [-0.05, 0) is 25.0 Å². The molecule has 0 bridgehead atoms. The van der Waals surface area contributed by atoms with Gasteiger partial charge in [-0.1, -0.05) is 78.9 Å². The number of rotatable bonds is 5. The molecule has 3 aromatic carbocycles. The van der Waals surface area contributed by atoms with Crippen LogP contribution in [0.5, 0.6) is 0 Å². The zero-order valence-electron chi connectivity index (χ0n) is 15.4. The van der Waals surface area contributed by atoms with E-state index in [0.717, 1.165) is 0 Å². The first-order chi connectivity index (χ1) is 13.5. The average molecular weight is 411 g/mol. The van der Waals surface area contributed by atoms with Crippen molar-refractivity contribution in [2.75, 3.05) is 6.54 Å². The predicted molar refractivity (Wildman–Crippen MR) is 113 cm³/mol. The van der Waals surface area contributed by atoms with Crippen molar-refractivity contribution in [3.63, 3.8) is 0 Å². The van der Waals surface area contributed by atoms with Crippen LogP contribution in [0.3, 0.4) is 0 Å². The van der Waals surface area contributed by atoms with Crippen molar-refractivity contribution in [2.45, 2.75) is 23.5 Å². The Bertz CT molecular complexity index is 1040. The number of hydrogen-bond donors (Lipinski definition) is 0. The van der Waals surface area contributed by atoms with Gasteiger partial charge in [-0.15, -0.1) is 0 Å². The second-order valence-electron chi connectivity index (χ2n) is 6.88. The van der Waals surface area contributed by atoms with Crippen molar-refractivity contribution in [1.29, 1.82) is 0 Å². The molecule has 0 radical (unpaired) electrons. The average Bonchev–Trinajstić information content (AvgIpc) is 3.26. The molecule has 0 aromatic heterocycles. The molecule has 0 amide bonds. The maximum absolute atomic E-state index is 14.6. The minimum atomic E-state index is -3.73. The molecule has 1 atom stereocenters. The lowest BCUT2D eigenvalue weighted by molar-refractivity contribution is 0.444. The quantitative estimate of drug-likeness (QED) is 0.600. The molecule has 1 aliphatic rings. The lowest BCUT2D eigenvalue weighted by atomic mass is 10.4. The van der Waals surface area contributed by atoms with Crippen LogP contribution in [0.15, 0.2) is 95.9 Å². The highest BCUT2D eigenvalue weighted by Crippen LogP contribution is 2.54. The molecule has 1 fully saturated rings. The molecule has 28 heavy (non-hydrogen) atoms. The number of hydrogen-bond acceptors (Lipinski definition) is 3. The fraction of sp³-hybridized carbons (Fsp3) is 0.182. The van der Waals surface area contributed by atoms with Crippen LogP contribution in [0, 0.1) is 0 Å². The first-order valence-corrected chi connectivity index (χ1v) is 12.5. The van der Waals surface area contributed by atoms with E-state index in [0.29, 0.717) is 30.0 Å². The summed E-state index contributed by atoms with van der Waals surface area (Å²) in [7, 11) is -6.92. The zero-order valence-corrected chi connectivity index (χ0v) is 17.1. The fourth-order valence-electron chi connectivity index (χ4n) is 3.89. The summed E-state index contributed by atoms with van der Waals surface area (Å²) in [5.41, 5.74) is 0. The fourth-order valence-corrected chi connectivity index (χ4v) is 9.46. The summed E-state index contributed by atoms with van der Waals surface area (Å²) >= 11 is 0. The Labute approximate surface area is 166 Å². The third-order valence-corrected chi connectivity index (χ3v) is 10.8. The van der Waals surface area contributed by atoms with Crippen LogP contribution in [-0.2, 0) is 14.6 Å². The Hall–Kier alpha value is -2.20.